The number of aryl methyl sites for hydroxylation is 1. The number of imidazole rings is 1. The Hall–Kier alpha value is -1.79. The van der Waals surface area contributed by atoms with Gasteiger partial charge in [-0.2, -0.15) is 8.75 Å². The van der Waals surface area contributed by atoms with Gasteiger partial charge in [0.05, 0.1) is 40.7 Å². The van der Waals surface area contributed by atoms with Crippen LogP contribution < -0.4 is 5.73 Å². The molecule has 0 radical (unpaired) electrons. The molecule has 6 heteroatoms. The number of rotatable bonds is 5. The van der Waals surface area contributed by atoms with E-state index in [2.05, 4.69) is 26.3 Å². The SMILES string of the molecule is CCCn1c(CC(N)c2cnsn2)nc2ccccc21. The quantitative estimate of drug-likeness (QED) is 0.783. The van der Waals surface area contributed by atoms with Crippen molar-refractivity contribution in [1.29, 1.82) is 0 Å². The summed E-state index contributed by atoms with van der Waals surface area (Å²) < 4.78 is 10.5. The number of aromatic nitrogens is 4. The summed E-state index contributed by atoms with van der Waals surface area (Å²) in [5.74, 6) is 1.02. The summed E-state index contributed by atoms with van der Waals surface area (Å²) >= 11 is 1.19. The normalized spacial score (nSPS) is 12.9. The van der Waals surface area contributed by atoms with E-state index in [1.807, 2.05) is 18.2 Å². The van der Waals surface area contributed by atoms with Crippen molar-refractivity contribution in [2.24, 2.45) is 5.73 Å². The van der Waals surface area contributed by atoms with Crippen molar-refractivity contribution in [3.63, 3.8) is 0 Å². The minimum Gasteiger partial charge on any atom is -0.328 e. The van der Waals surface area contributed by atoms with Crippen molar-refractivity contribution in [3.05, 3.63) is 42.0 Å². The fraction of sp³-hybridized carbons (Fsp3) is 0.357. The highest BCUT2D eigenvalue weighted by Gasteiger charge is 2.16. The third-order valence-corrected chi connectivity index (χ3v) is 3.83. The maximum Gasteiger partial charge on any atom is 0.111 e. The van der Waals surface area contributed by atoms with E-state index in [1.165, 1.54) is 17.2 Å². The van der Waals surface area contributed by atoms with Gasteiger partial charge in [0.1, 0.15) is 5.82 Å². The van der Waals surface area contributed by atoms with Crippen LogP contribution in [0.3, 0.4) is 0 Å². The number of nitrogens with two attached hydrogens (primary N) is 1. The summed E-state index contributed by atoms with van der Waals surface area (Å²) in [6, 6.07) is 8.06. The van der Waals surface area contributed by atoms with Gasteiger partial charge >= 0.3 is 0 Å². The molecule has 0 aliphatic rings. The fourth-order valence-electron chi connectivity index (χ4n) is 2.39. The maximum absolute atomic E-state index is 6.21. The van der Waals surface area contributed by atoms with Gasteiger partial charge in [-0.1, -0.05) is 19.1 Å². The van der Waals surface area contributed by atoms with Crippen LogP contribution in [-0.2, 0) is 13.0 Å². The van der Waals surface area contributed by atoms with E-state index in [0.29, 0.717) is 6.42 Å². The number of benzene rings is 1. The zero-order chi connectivity index (χ0) is 13.9. The molecule has 0 aliphatic heterocycles. The minimum absolute atomic E-state index is 0.152. The van der Waals surface area contributed by atoms with Crippen LogP contribution in [0.4, 0.5) is 0 Å². The Morgan fingerprint density at radius 2 is 2.20 bits per heavy atom. The Kier molecular flexibility index (Phi) is 3.75. The molecule has 0 aliphatic carbocycles. The summed E-state index contributed by atoms with van der Waals surface area (Å²) in [4.78, 5) is 4.72. The maximum atomic E-state index is 6.21. The summed E-state index contributed by atoms with van der Waals surface area (Å²) in [6.07, 6.45) is 3.49. The second-order valence-corrected chi connectivity index (χ2v) is 5.37. The highest BCUT2D eigenvalue weighted by molar-refractivity contribution is 6.99. The standard InChI is InChI=1S/C14H17N5S/c1-2-7-19-13-6-4-3-5-11(13)17-14(19)8-10(15)12-9-16-20-18-12/h3-6,9-10H,2,7-8,15H2,1H3. The van der Waals surface area contributed by atoms with Gasteiger partial charge in [0.2, 0.25) is 0 Å². The van der Waals surface area contributed by atoms with Gasteiger partial charge in [-0.25, -0.2) is 4.98 Å². The molecule has 0 fully saturated rings. The van der Waals surface area contributed by atoms with E-state index in [-0.39, 0.29) is 6.04 Å². The number of hydrogen-bond donors (Lipinski definition) is 1. The molecule has 2 N–H and O–H groups in total. The lowest BCUT2D eigenvalue weighted by atomic mass is 10.1. The molecule has 1 aromatic carbocycles. The topological polar surface area (TPSA) is 69.6 Å². The van der Waals surface area contributed by atoms with Crippen LogP contribution in [-0.4, -0.2) is 18.3 Å². The van der Waals surface area contributed by atoms with Gasteiger partial charge in [-0.05, 0) is 18.6 Å². The lowest BCUT2D eigenvalue weighted by molar-refractivity contribution is 0.604. The van der Waals surface area contributed by atoms with Crippen LogP contribution >= 0.6 is 11.7 Å². The van der Waals surface area contributed by atoms with E-state index >= 15 is 0 Å². The van der Waals surface area contributed by atoms with E-state index in [1.54, 1.807) is 6.20 Å². The van der Waals surface area contributed by atoms with Crippen LogP contribution in [0.5, 0.6) is 0 Å². The van der Waals surface area contributed by atoms with Crippen LogP contribution in [0, 0.1) is 0 Å². The van der Waals surface area contributed by atoms with Crippen molar-refractivity contribution in [3.8, 4) is 0 Å². The molecule has 104 valence electrons. The largest absolute Gasteiger partial charge is 0.328 e. The third kappa shape index (κ3) is 2.44. The van der Waals surface area contributed by atoms with Crippen molar-refractivity contribution < 1.29 is 0 Å². The molecule has 3 rings (SSSR count). The van der Waals surface area contributed by atoms with Gasteiger partial charge in [-0.15, -0.1) is 0 Å². The molecule has 0 bridgehead atoms. The molecule has 5 nitrogen and oxygen atoms in total. The summed E-state index contributed by atoms with van der Waals surface area (Å²) in [5.41, 5.74) is 9.25. The minimum atomic E-state index is -0.152. The smallest absolute Gasteiger partial charge is 0.111 e. The highest BCUT2D eigenvalue weighted by Crippen LogP contribution is 2.20. The van der Waals surface area contributed by atoms with Gasteiger partial charge in [0, 0.05) is 13.0 Å². The number of para-hydroxylation sites is 2. The number of fused-ring (bicyclic) bond motifs is 1. The summed E-state index contributed by atoms with van der Waals surface area (Å²) in [5, 5.41) is 0. The first-order valence-corrected chi connectivity index (χ1v) is 7.49. The second kappa shape index (κ2) is 5.68. The summed E-state index contributed by atoms with van der Waals surface area (Å²) in [6.45, 7) is 3.13. The molecule has 0 saturated carbocycles. The van der Waals surface area contributed by atoms with E-state index < -0.39 is 0 Å². The van der Waals surface area contributed by atoms with E-state index in [0.717, 1.165) is 30.0 Å². The van der Waals surface area contributed by atoms with Crippen LogP contribution in [0.25, 0.3) is 11.0 Å². The molecule has 20 heavy (non-hydrogen) atoms. The Labute approximate surface area is 121 Å². The molecule has 3 aromatic rings. The molecule has 1 atom stereocenters. The molecule has 1 unspecified atom stereocenters. The molecule has 0 amide bonds. The van der Waals surface area contributed by atoms with E-state index in [4.69, 9.17) is 10.7 Å². The predicted octanol–water partition coefficient (Wildman–Crippen LogP) is 2.54. The molecule has 2 aromatic heterocycles. The molecular formula is C14H17N5S. The second-order valence-electron chi connectivity index (χ2n) is 4.81. The lowest BCUT2D eigenvalue weighted by Gasteiger charge is -2.11. The van der Waals surface area contributed by atoms with Gasteiger partial charge in [0.25, 0.3) is 0 Å². The average molecular weight is 287 g/mol. The molecule has 2 heterocycles. The molecular weight excluding hydrogens is 270 g/mol. The lowest BCUT2D eigenvalue weighted by Crippen LogP contribution is -2.17. The first-order valence-electron chi connectivity index (χ1n) is 6.76. The Balaban J connectivity index is 1.96. The van der Waals surface area contributed by atoms with Crippen molar-refractivity contribution in [2.75, 3.05) is 0 Å². The Morgan fingerprint density at radius 3 is 2.95 bits per heavy atom. The zero-order valence-corrected chi connectivity index (χ0v) is 12.2. The average Bonchev–Trinajstić information content (AvgIpc) is 3.08. The summed E-state index contributed by atoms with van der Waals surface area (Å²) in [7, 11) is 0. The Morgan fingerprint density at radius 1 is 1.35 bits per heavy atom. The van der Waals surface area contributed by atoms with Gasteiger partial charge in [0.15, 0.2) is 0 Å². The van der Waals surface area contributed by atoms with E-state index in [9.17, 15) is 0 Å². The molecule has 0 spiro atoms. The van der Waals surface area contributed by atoms with Crippen molar-refractivity contribution in [2.45, 2.75) is 32.4 Å². The highest BCUT2D eigenvalue weighted by atomic mass is 32.1. The van der Waals surface area contributed by atoms with Crippen LogP contribution in [0.15, 0.2) is 30.5 Å². The van der Waals surface area contributed by atoms with Gasteiger partial charge in [-0.3, -0.25) is 0 Å². The van der Waals surface area contributed by atoms with Crippen LogP contribution in [0.1, 0.15) is 30.9 Å². The van der Waals surface area contributed by atoms with Crippen molar-refractivity contribution >= 4 is 22.8 Å². The number of nitrogens with zero attached hydrogens (tertiary/aromatic N) is 4. The first kappa shape index (κ1) is 13.2. The van der Waals surface area contributed by atoms with Gasteiger partial charge < -0.3 is 10.3 Å². The van der Waals surface area contributed by atoms with Crippen molar-refractivity contribution in [1.82, 2.24) is 18.3 Å². The monoisotopic (exact) mass is 287 g/mol. The predicted molar refractivity (Wildman–Crippen MR) is 80.6 cm³/mol. The van der Waals surface area contributed by atoms with Crippen LogP contribution in [0.2, 0.25) is 0 Å². The Bertz CT molecular complexity index is 689. The zero-order valence-electron chi connectivity index (χ0n) is 11.4. The first-order chi connectivity index (χ1) is 9.79. The molecule has 0 saturated heterocycles. The fourth-order valence-corrected chi connectivity index (χ4v) is 2.87. The number of hydrogen-bond acceptors (Lipinski definition) is 5. The third-order valence-electron chi connectivity index (χ3n) is 3.34.